The quantitative estimate of drug-likeness (QED) is 0.697. The Balaban J connectivity index is 4.40. The van der Waals surface area contributed by atoms with Crippen LogP contribution in [-0.4, -0.2) is 44.6 Å². The topological polar surface area (TPSA) is 102 Å². The van der Waals surface area contributed by atoms with Crippen LogP contribution in [-0.2, 0) is 14.9 Å². The molecule has 0 aromatic heterocycles. The fraction of sp³-hybridized carbons (Fsp3) is 0.875. The van der Waals surface area contributed by atoms with Gasteiger partial charge in [-0.3, -0.25) is 0 Å². The molecule has 1 atom stereocenters. The molecule has 0 radical (unpaired) electrons. The normalized spacial score (nSPS) is 13.9. The van der Waals surface area contributed by atoms with Gasteiger partial charge < -0.3 is 10.5 Å². The molecule has 0 aliphatic rings. The van der Waals surface area contributed by atoms with Gasteiger partial charge in [-0.2, -0.15) is 12.7 Å². The van der Waals surface area contributed by atoms with Crippen LogP contribution in [0.3, 0.4) is 0 Å². The Hall–Kier alpha value is -0.860. The Labute approximate surface area is 96.1 Å². The third kappa shape index (κ3) is 5.89. The summed E-state index contributed by atoms with van der Waals surface area (Å²) in [5.41, 5.74) is 5.45. The fourth-order valence-corrected chi connectivity index (χ4v) is 1.77. The highest BCUT2D eigenvalue weighted by atomic mass is 32.2. The van der Waals surface area contributed by atoms with Crippen molar-refractivity contribution in [3.05, 3.63) is 0 Å². The third-order valence-electron chi connectivity index (χ3n) is 1.51. The summed E-state index contributed by atoms with van der Waals surface area (Å²) in [6.07, 6.45) is -1.37. The second kappa shape index (κ2) is 6.02. The zero-order chi connectivity index (χ0) is 12.9. The van der Waals surface area contributed by atoms with Gasteiger partial charge in [0.1, 0.15) is 0 Å². The third-order valence-corrected chi connectivity index (χ3v) is 2.90. The number of nitrogens with two attached hydrogens (primary N) is 1. The van der Waals surface area contributed by atoms with Crippen LogP contribution in [0.5, 0.6) is 0 Å². The van der Waals surface area contributed by atoms with Crippen molar-refractivity contribution in [1.82, 2.24) is 9.03 Å². The van der Waals surface area contributed by atoms with Gasteiger partial charge in [-0.15, -0.1) is 0 Å². The molecule has 0 rings (SSSR count). The van der Waals surface area contributed by atoms with E-state index in [2.05, 4.69) is 4.74 Å². The van der Waals surface area contributed by atoms with Gasteiger partial charge in [-0.05, 0) is 20.8 Å². The molecule has 1 unspecified atom stereocenters. The van der Waals surface area contributed by atoms with Gasteiger partial charge in [0.25, 0.3) is 0 Å². The molecule has 0 aromatic carbocycles. The Bertz CT molecular complexity index is 326. The van der Waals surface area contributed by atoms with Gasteiger partial charge in [0.05, 0.1) is 6.10 Å². The Morgan fingerprint density at radius 3 is 2.31 bits per heavy atom. The molecular formula is C8H19N3O4S. The number of carbonyl (C=O) groups is 1. The highest BCUT2D eigenvalue weighted by Gasteiger charge is 2.22. The van der Waals surface area contributed by atoms with E-state index in [0.717, 1.165) is 4.31 Å². The first-order valence-corrected chi connectivity index (χ1v) is 6.29. The van der Waals surface area contributed by atoms with Gasteiger partial charge in [0, 0.05) is 19.6 Å². The number of carbonyl (C=O) groups excluding carboxylic acids is 1. The monoisotopic (exact) mass is 253 g/mol. The van der Waals surface area contributed by atoms with E-state index < -0.39 is 16.3 Å². The molecule has 8 heteroatoms. The van der Waals surface area contributed by atoms with Crippen molar-refractivity contribution in [2.45, 2.75) is 32.9 Å². The molecule has 0 bridgehead atoms. The van der Waals surface area contributed by atoms with Gasteiger partial charge in [0.2, 0.25) is 0 Å². The van der Waals surface area contributed by atoms with E-state index in [1.165, 1.54) is 7.05 Å². The van der Waals surface area contributed by atoms with Gasteiger partial charge in [-0.25, -0.2) is 9.52 Å². The highest BCUT2D eigenvalue weighted by Crippen LogP contribution is 1.97. The Morgan fingerprint density at radius 2 is 1.94 bits per heavy atom. The molecule has 0 aliphatic carbocycles. The lowest BCUT2D eigenvalue weighted by atomic mass is 10.4. The van der Waals surface area contributed by atoms with Crippen molar-refractivity contribution in [2.24, 2.45) is 5.73 Å². The lowest BCUT2D eigenvalue weighted by Crippen LogP contribution is -2.45. The molecule has 0 aromatic rings. The summed E-state index contributed by atoms with van der Waals surface area (Å²) in [6.45, 7) is 5.03. The molecule has 0 spiro atoms. The largest absolute Gasteiger partial charge is 0.446 e. The number of likely N-dealkylation sites (N-methyl/N-ethyl adjacent to an activating group) is 1. The second-order valence-corrected chi connectivity index (χ2v) is 5.60. The smallest absolute Gasteiger partial charge is 0.422 e. The maximum atomic E-state index is 11.5. The van der Waals surface area contributed by atoms with E-state index in [1.54, 1.807) is 25.5 Å². The van der Waals surface area contributed by atoms with E-state index in [-0.39, 0.29) is 18.7 Å². The number of hydrogen-bond acceptors (Lipinski definition) is 5. The van der Waals surface area contributed by atoms with Crippen LogP contribution >= 0.6 is 0 Å². The van der Waals surface area contributed by atoms with Gasteiger partial charge >= 0.3 is 16.3 Å². The minimum atomic E-state index is -3.87. The Kier molecular flexibility index (Phi) is 5.70. The maximum Gasteiger partial charge on any atom is 0.422 e. The summed E-state index contributed by atoms with van der Waals surface area (Å²) >= 11 is 0. The highest BCUT2D eigenvalue weighted by molar-refractivity contribution is 7.87. The van der Waals surface area contributed by atoms with E-state index in [0.29, 0.717) is 0 Å². The summed E-state index contributed by atoms with van der Waals surface area (Å²) < 4.78 is 30.4. The predicted molar refractivity (Wildman–Crippen MR) is 60.0 cm³/mol. The van der Waals surface area contributed by atoms with Gasteiger partial charge in [0.15, 0.2) is 0 Å². The van der Waals surface area contributed by atoms with Crippen molar-refractivity contribution < 1.29 is 17.9 Å². The number of nitrogens with zero attached hydrogens (tertiary/aromatic N) is 1. The molecule has 0 heterocycles. The van der Waals surface area contributed by atoms with Crippen LogP contribution in [0.2, 0.25) is 0 Å². The Morgan fingerprint density at radius 1 is 1.44 bits per heavy atom. The van der Waals surface area contributed by atoms with E-state index in [1.807, 2.05) is 0 Å². The standard InChI is InChI=1S/C8H19N3O4S/c1-6(2)15-8(12)10-16(13,14)11(4)5-7(3)9/h6-7H,5,9H2,1-4H3,(H,10,12). The van der Waals surface area contributed by atoms with Crippen molar-refractivity contribution in [3.8, 4) is 0 Å². The zero-order valence-corrected chi connectivity index (χ0v) is 10.7. The van der Waals surface area contributed by atoms with Crippen molar-refractivity contribution in [2.75, 3.05) is 13.6 Å². The summed E-state index contributed by atoms with van der Waals surface area (Å²) in [5, 5.41) is 0. The first kappa shape index (κ1) is 15.1. The zero-order valence-electron chi connectivity index (χ0n) is 9.93. The summed E-state index contributed by atoms with van der Waals surface area (Å²) in [5.74, 6) is 0. The van der Waals surface area contributed by atoms with Crippen LogP contribution in [0.1, 0.15) is 20.8 Å². The lowest BCUT2D eigenvalue weighted by molar-refractivity contribution is 0.121. The summed E-state index contributed by atoms with van der Waals surface area (Å²) in [4.78, 5) is 11.1. The number of ether oxygens (including phenoxy) is 1. The first-order valence-electron chi connectivity index (χ1n) is 4.85. The number of nitrogens with one attached hydrogen (secondary N) is 1. The van der Waals surface area contributed by atoms with Crippen molar-refractivity contribution >= 4 is 16.3 Å². The maximum absolute atomic E-state index is 11.5. The molecule has 0 saturated heterocycles. The predicted octanol–water partition coefficient (Wildman–Crippen LogP) is -0.355. The molecule has 0 saturated carbocycles. The lowest BCUT2D eigenvalue weighted by Gasteiger charge is -2.19. The molecule has 1 amide bonds. The molecule has 7 nitrogen and oxygen atoms in total. The van der Waals surface area contributed by atoms with Crippen LogP contribution < -0.4 is 10.5 Å². The van der Waals surface area contributed by atoms with Crippen LogP contribution in [0.25, 0.3) is 0 Å². The van der Waals surface area contributed by atoms with Crippen molar-refractivity contribution in [1.29, 1.82) is 0 Å². The second-order valence-electron chi connectivity index (χ2n) is 3.82. The fourth-order valence-electron chi connectivity index (χ4n) is 0.925. The molecular weight excluding hydrogens is 234 g/mol. The summed E-state index contributed by atoms with van der Waals surface area (Å²) in [6, 6.07) is -0.317. The SMILES string of the molecule is CC(N)CN(C)S(=O)(=O)NC(=O)OC(C)C. The number of amides is 1. The average molecular weight is 253 g/mol. The molecule has 0 aliphatic heterocycles. The van der Waals surface area contributed by atoms with Gasteiger partial charge in [-0.1, -0.05) is 0 Å². The molecule has 3 N–H and O–H groups in total. The van der Waals surface area contributed by atoms with Crippen LogP contribution in [0.4, 0.5) is 4.79 Å². The van der Waals surface area contributed by atoms with E-state index >= 15 is 0 Å². The van der Waals surface area contributed by atoms with Crippen LogP contribution in [0, 0.1) is 0 Å². The molecule has 16 heavy (non-hydrogen) atoms. The van der Waals surface area contributed by atoms with Crippen LogP contribution in [0.15, 0.2) is 0 Å². The number of hydrogen-bond donors (Lipinski definition) is 2. The van der Waals surface area contributed by atoms with E-state index in [9.17, 15) is 13.2 Å². The minimum absolute atomic E-state index is 0.115. The molecule has 0 fully saturated rings. The average Bonchev–Trinajstić information content (AvgIpc) is 1.98. The first-order chi connectivity index (χ1) is 7.15. The molecule has 96 valence electrons. The number of rotatable bonds is 5. The van der Waals surface area contributed by atoms with E-state index in [4.69, 9.17) is 5.73 Å². The minimum Gasteiger partial charge on any atom is -0.446 e. The summed E-state index contributed by atoms with van der Waals surface area (Å²) in [7, 11) is -2.54. The van der Waals surface area contributed by atoms with Crippen molar-refractivity contribution in [3.63, 3.8) is 0 Å².